The van der Waals surface area contributed by atoms with Gasteiger partial charge in [0, 0.05) is 18.1 Å². The van der Waals surface area contributed by atoms with Gasteiger partial charge in [-0.25, -0.2) is 0 Å². The van der Waals surface area contributed by atoms with Crippen molar-refractivity contribution >= 4 is 5.91 Å². The molecule has 2 N–H and O–H groups in total. The molecule has 0 aromatic carbocycles. The molecule has 2 rings (SSSR count). The van der Waals surface area contributed by atoms with E-state index in [0.717, 1.165) is 25.9 Å². The average molecular weight is 295 g/mol. The quantitative estimate of drug-likeness (QED) is 0.846. The SMILES string of the molecule is CCN(CC(=O)N1C(C)CCCC1C)C1CCCC1CN. The molecule has 21 heavy (non-hydrogen) atoms. The highest BCUT2D eigenvalue weighted by Crippen LogP contribution is 2.30. The lowest BCUT2D eigenvalue weighted by molar-refractivity contribution is -0.139. The molecule has 0 aromatic rings. The Kier molecular flexibility index (Phi) is 6.06. The molecular formula is C17H33N3O. The zero-order valence-electron chi connectivity index (χ0n) is 14.1. The first-order chi connectivity index (χ1) is 10.1. The van der Waals surface area contributed by atoms with Crippen molar-refractivity contribution in [3.8, 4) is 0 Å². The summed E-state index contributed by atoms with van der Waals surface area (Å²) in [6.45, 7) is 8.84. The van der Waals surface area contributed by atoms with E-state index < -0.39 is 0 Å². The highest BCUT2D eigenvalue weighted by atomic mass is 16.2. The lowest BCUT2D eigenvalue weighted by atomic mass is 9.97. The fraction of sp³-hybridized carbons (Fsp3) is 0.941. The Morgan fingerprint density at radius 1 is 1.14 bits per heavy atom. The molecule has 1 saturated heterocycles. The van der Waals surface area contributed by atoms with Gasteiger partial charge < -0.3 is 10.6 Å². The van der Waals surface area contributed by atoms with E-state index in [4.69, 9.17) is 5.73 Å². The van der Waals surface area contributed by atoms with Gasteiger partial charge in [-0.15, -0.1) is 0 Å². The molecule has 2 aliphatic rings. The van der Waals surface area contributed by atoms with Gasteiger partial charge in [-0.05, 0) is 65.0 Å². The number of hydrogen-bond donors (Lipinski definition) is 1. The van der Waals surface area contributed by atoms with Crippen LogP contribution in [-0.2, 0) is 4.79 Å². The molecule has 1 amide bonds. The normalized spacial score (nSPS) is 33.7. The highest BCUT2D eigenvalue weighted by Gasteiger charge is 2.34. The van der Waals surface area contributed by atoms with Crippen LogP contribution in [-0.4, -0.2) is 53.5 Å². The van der Waals surface area contributed by atoms with Crippen LogP contribution in [0, 0.1) is 5.92 Å². The molecule has 4 atom stereocenters. The second-order valence-corrected chi connectivity index (χ2v) is 6.99. The molecule has 1 saturated carbocycles. The van der Waals surface area contributed by atoms with Crippen LogP contribution in [0.3, 0.4) is 0 Å². The largest absolute Gasteiger partial charge is 0.336 e. The highest BCUT2D eigenvalue weighted by molar-refractivity contribution is 5.79. The molecule has 1 heterocycles. The maximum Gasteiger partial charge on any atom is 0.237 e. The number of carbonyl (C=O) groups excluding carboxylic acids is 1. The molecular weight excluding hydrogens is 262 g/mol. The van der Waals surface area contributed by atoms with E-state index in [1.165, 1.54) is 25.7 Å². The van der Waals surface area contributed by atoms with E-state index in [9.17, 15) is 4.79 Å². The molecule has 0 radical (unpaired) electrons. The number of nitrogens with two attached hydrogens (primary N) is 1. The predicted octanol–water partition coefficient (Wildman–Crippen LogP) is 2.23. The molecule has 1 aliphatic carbocycles. The minimum absolute atomic E-state index is 0.319. The van der Waals surface area contributed by atoms with E-state index >= 15 is 0 Å². The summed E-state index contributed by atoms with van der Waals surface area (Å²) < 4.78 is 0. The van der Waals surface area contributed by atoms with Gasteiger partial charge in [-0.2, -0.15) is 0 Å². The maximum atomic E-state index is 12.8. The summed E-state index contributed by atoms with van der Waals surface area (Å²) in [6.07, 6.45) is 7.24. The van der Waals surface area contributed by atoms with Crippen LogP contribution < -0.4 is 5.73 Å². The molecule has 2 fully saturated rings. The van der Waals surface area contributed by atoms with E-state index in [1.54, 1.807) is 0 Å². The standard InChI is InChI=1S/C17H33N3O/c1-4-19(16-10-6-9-15(16)11-18)12-17(21)20-13(2)7-5-8-14(20)3/h13-16H,4-12,18H2,1-3H3. The van der Waals surface area contributed by atoms with Gasteiger partial charge in [0.15, 0.2) is 0 Å². The summed E-state index contributed by atoms with van der Waals surface area (Å²) in [5, 5.41) is 0. The number of hydrogen-bond acceptors (Lipinski definition) is 3. The minimum atomic E-state index is 0.319. The summed E-state index contributed by atoms with van der Waals surface area (Å²) in [6, 6.07) is 1.31. The molecule has 122 valence electrons. The van der Waals surface area contributed by atoms with Gasteiger partial charge in [0.25, 0.3) is 0 Å². The fourth-order valence-electron chi connectivity index (χ4n) is 4.40. The van der Waals surface area contributed by atoms with Crippen LogP contribution in [0.5, 0.6) is 0 Å². The number of carbonyl (C=O) groups is 1. The van der Waals surface area contributed by atoms with Crippen LogP contribution in [0.15, 0.2) is 0 Å². The Balaban J connectivity index is 1.98. The summed E-state index contributed by atoms with van der Waals surface area (Å²) in [7, 11) is 0. The molecule has 4 unspecified atom stereocenters. The second kappa shape index (κ2) is 7.59. The zero-order valence-corrected chi connectivity index (χ0v) is 14.1. The van der Waals surface area contributed by atoms with E-state index in [2.05, 4.69) is 30.6 Å². The topological polar surface area (TPSA) is 49.6 Å². The Morgan fingerprint density at radius 3 is 2.33 bits per heavy atom. The molecule has 4 heteroatoms. The second-order valence-electron chi connectivity index (χ2n) is 6.99. The van der Waals surface area contributed by atoms with Crippen molar-refractivity contribution in [2.24, 2.45) is 11.7 Å². The molecule has 0 spiro atoms. The van der Waals surface area contributed by atoms with Crippen LogP contribution in [0.2, 0.25) is 0 Å². The van der Waals surface area contributed by atoms with Crippen molar-refractivity contribution in [2.75, 3.05) is 19.6 Å². The van der Waals surface area contributed by atoms with Gasteiger partial charge >= 0.3 is 0 Å². The fourth-order valence-corrected chi connectivity index (χ4v) is 4.40. The van der Waals surface area contributed by atoms with Gasteiger partial charge in [-0.3, -0.25) is 9.69 Å². The van der Waals surface area contributed by atoms with Crippen LogP contribution in [0.4, 0.5) is 0 Å². The molecule has 4 nitrogen and oxygen atoms in total. The Hall–Kier alpha value is -0.610. The summed E-state index contributed by atoms with van der Waals surface area (Å²) in [5.74, 6) is 0.896. The van der Waals surface area contributed by atoms with E-state index in [1.807, 2.05) is 0 Å². The molecule has 1 aliphatic heterocycles. The predicted molar refractivity (Wildman–Crippen MR) is 87.1 cm³/mol. The Morgan fingerprint density at radius 2 is 1.76 bits per heavy atom. The van der Waals surface area contributed by atoms with Gasteiger partial charge in [0.1, 0.15) is 0 Å². The zero-order chi connectivity index (χ0) is 15.4. The summed E-state index contributed by atoms with van der Waals surface area (Å²) in [5.41, 5.74) is 5.91. The molecule has 0 aromatic heterocycles. The lowest BCUT2D eigenvalue weighted by Gasteiger charge is -2.41. The number of likely N-dealkylation sites (tertiary alicyclic amines) is 1. The number of rotatable bonds is 5. The van der Waals surface area contributed by atoms with Crippen LogP contribution in [0.1, 0.15) is 59.3 Å². The third-order valence-corrected chi connectivity index (χ3v) is 5.62. The van der Waals surface area contributed by atoms with Gasteiger partial charge in [0.2, 0.25) is 5.91 Å². The monoisotopic (exact) mass is 295 g/mol. The Bertz CT molecular complexity index is 337. The van der Waals surface area contributed by atoms with Crippen molar-refractivity contribution in [2.45, 2.75) is 77.4 Å². The van der Waals surface area contributed by atoms with Crippen LogP contribution in [0.25, 0.3) is 0 Å². The smallest absolute Gasteiger partial charge is 0.237 e. The Labute approximate surface area is 130 Å². The van der Waals surface area contributed by atoms with Gasteiger partial charge in [0.05, 0.1) is 6.54 Å². The van der Waals surface area contributed by atoms with Crippen LogP contribution >= 0.6 is 0 Å². The van der Waals surface area contributed by atoms with Gasteiger partial charge in [-0.1, -0.05) is 13.3 Å². The van der Waals surface area contributed by atoms with Crippen molar-refractivity contribution < 1.29 is 4.79 Å². The third kappa shape index (κ3) is 3.78. The minimum Gasteiger partial charge on any atom is -0.336 e. The van der Waals surface area contributed by atoms with Crippen molar-refractivity contribution in [3.05, 3.63) is 0 Å². The van der Waals surface area contributed by atoms with E-state index in [-0.39, 0.29) is 0 Å². The first-order valence-electron chi connectivity index (χ1n) is 8.83. The first-order valence-corrected chi connectivity index (χ1v) is 8.83. The number of piperidine rings is 1. The summed E-state index contributed by atoms with van der Waals surface area (Å²) >= 11 is 0. The maximum absolute atomic E-state index is 12.8. The molecule has 0 bridgehead atoms. The van der Waals surface area contributed by atoms with E-state index in [0.29, 0.717) is 36.5 Å². The first kappa shape index (κ1) is 16.8. The van der Waals surface area contributed by atoms with Crippen molar-refractivity contribution in [1.29, 1.82) is 0 Å². The number of nitrogens with zero attached hydrogens (tertiary/aromatic N) is 2. The average Bonchev–Trinajstić information content (AvgIpc) is 2.92. The van der Waals surface area contributed by atoms with Crippen molar-refractivity contribution in [3.63, 3.8) is 0 Å². The van der Waals surface area contributed by atoms with Crippen molar-refractivity contribution in [1.82, 2.24) is 9.80 Å². The number of amides is 1. The lowest BCUT2D eigenvalue weighted by Crippen LogP contribution is -2.53. The third-order valence-electron chi connectivity index (χ3n) is 5.62. The summed E-state index contributed by atoms with van der Waals surface area (Å²) in [4.78, 5) is 17.3. The number of likely N-dealkylation sites (N-methyl/N-ethyl adjacent to an activating group) is 1.